The van der Waals surface area contributed by atoms with Crippen LogP contribution in [0.1, 0.15) is 175 Å². The molecule has 1 heterocycles. The highest BCUT2D eigenvalue weighted by Crippen LogP contribution is 2.17. The molecule has 0 spiro atoms. The number of aliphatic carboxylic acids is 2. The number of unbranched alkanes of at least 4 members (excludes halogenated alkanes) is 14. The molecule has 0 saturated carbocycles. The van der Waals surface area contributed by atoms with Crippen LogP contribution in [0.5, 0.6) is 0 Å². The van der Waals surface area contributed by atoms with Gasteiger partial charge in [0.25, 0.3) is 0 Å². The third-order valence-electron chi connectivity index (χ3n) is 11.5. The van der Waals surface area contributed by atoms with Crippen molar-refractivity contribution in [2.24, 2.45) is 5.92 Å². The van der Waals surface area contributed by atoms with E-state index in [1.807, 2.05) is 0 Å². The van der Waals surface area contributed by atoms with Gasteiger partial charge >= 0.3 is 11.9 Å². The first-order valence-electron chi connectivity index (χ1n) is 25.5. The van der Waals surface area contributed by atoms with E-state index in [1.54, 1.807) is 12.5 Å². The molecular formula is C50H87N5O14. The number of nitrogens with one attached hydrogen (secondary N) is 4. The van der Waals surface area contributed by atoms with Crippen LogP contribution in [0.2, 0.25) is 0 Å². The highest BCUT2D eigenvalue weighted by atomic mass is 16.5. The molecule has 0 fully saturated rings. The lowest BCUT2D eigenvalue weighted by atomic mass is 9.91. The Morgan fingerprint density at radius 2 is 1.12 bits per heavy atom. The normalized spacial score (nSPS) is 12.0. The fourth-order valence-corrected chi connectivity index (χ4v) is 7.41. The van der Waals surface area contributed by atoms with E-state index in [-0.39, 0.29) is 134 Å². The molecule has 19 heteroatoms. The van der Waals surface area contributed by atoms with Gasteiger partial charge < -0.3 is 50.1 Å². The number of rotatable bonds is 50. The summed E-state index contributed by atoms with van der Waals surface area (Å²) in [6.07, 6.45) is 22.7. The van der Waals surface area contributed by atoms with Crippen LogP contribution in [0.4, 0.5) is 0 Å². The summed E-state index contributed by atoms with van der Waals surface area (Å²) in [7, 11) is 0. The van der Waals surface area contributed by atoms with Gasteiger partial charge in [-0.25, -0.2) is 9.78 Å². The summed E-state index contributed by atoms with van der Waals surface area (Å²) in [6, 6.07) is -1.11. The molecule has 19 nitrogen and oxygen atoms in total. The molecule has 1 rings (SSSR count). The Balaban J connectivity index is 0.0000476. The molecule has 3 amide bonds. The first-order valence-corrected chi connectivity index (χ1v) is 25.5. The summed E-state index contributed by atoms with van der Waals surface area (Å²) in [6.45, 7) is 3.34. The summed E-state index contributed by atoms with van der Waals surface area (Å²) in [5.41, 5.74) is 0.886. The number of carboxylic acids is 2. The van der Waals surface area contributed by atoms with Crippen LogP contribution in [-0.4, -0.2) is 139 Å². The second kappa shape index (κ2) is 43.4. The minimum Gasteiger partial charge on any atom is -0.481 e. The van der Waals surface area contributed by atoms with Gasteiger partial charge in [-0.1, -0.05) is 83.5 Å². The maximum atomic E-state index is 12.4. The molecule has 0 unspecified atom stereocenters. The average molecular weight is 982 g/mol. The van der Waals surface area contributed by atoms with E-state index in [0.717, 1.165) is 44.2 Å². The highest BCUT2D eigenvalue weighted by Gasteiger charge is 2.21. The number of H-pyrrole nitrogens is 1. The summed E-state index contributed by atoms with van der Waals surface area (Å²) >= 11 is 0. The zero-order valence-electron chi connectivity index (χ0n) is 41.5. The van der Waals surface area contributed by atoms with E-state index in [0.29, 0.717) is 58.1 Å². The topological polar surface area (TPSA) is 279 Å². The molecule has 0 saturated heterocycles. The molecule has 1 aromatic rings. The number of carboxylic acid groups (broad SMARTS) is 2. The number of aromatic nitrogens is 2. The van der Waals surface area contributed by atoms with E-state index in [1.165, 1.54) is 51.9 Å². The maximum absolute atomic E-state index is 12.4. The van der Waals surface area contributed by atoms with Crippen LogP contribution in [0.15, 0.2) is 12.5 Å². The smallest absolute Gasteiger partial charge is 0.326 e. The van der Waals surface area contributed by atoms with Crippen LogP contribution in [0.25, 0.3) is 0 Å². The number of hydrogen-bond acceptors (Lipinski definition) is 13. The number of aryl methyl sites for hydroxylation is 1. The summed E-state index contributed by atoms with van der Waals surface area (Å²) in [5.74, 6) is -3.16. The van der Waals surface area contributed by atoms with Gasteiger partial charge in [0.1, 0.15) is 36.6 Å². The van der Waals surface area contributed by atoms with Gasteiger partial charge in [-0.2, -0.15) is 0 Å². The van der Waals surface area contributed by atoms with E-state index < -0.39 is 18.0 Å². The molecule has 0 aliphatic carbocycles. The Kier molecular flexibility index (Phi) is 39.3. The molecular weight excluding hydrogens is 895 g/mol. The Bertz CT molecular complexity index is 1570. The Hall–Kier alpha value is -4.59. The quantitative estimate of drug-likeness (QED) is 0.0394. The second-order valence-electron chi connectivity index (χ2n) is 17.6. The lowest BCUT2D eigenvalue weighted by Crippen LogP contribution is -2.41. The predicted octanol–water partition coefficient (Wildman–Crippen LogP) is 6.25. The van der Waals surface area contributed by atoms with Crippen LogP contribution >= 0.6 is 0 Å². The Morgan fingerprint density at radius 3 is 1.67 bits per heavy atom. The molecule has 396 valence electrons. The van der Waals surface area contributed by atoms with Gasteiger partial charge in [-0.3, -0.25) is 33.6 Å². The number of aromatic amines is 1. The zero-order chi connectivity index (χ0) is 50.6. The van der Waals surface area contributed by atoms with Crippen LogP contribution in [0, 0.1) is 5.92 Å². The van der Waals surface area contributed by atoms with Gasteiger partial charge in [0.15, 0.2) is 0 Å². The predicted molar refractivity (Wildman–Crippen MR) is 261 cm³/mol. The van der Waals surface area contributed by atoms with Gasteiger partial charge in [0.05, 0.1) is 39.4 Å². The molecule has 0 aliphatic heterocycles. The van der Waals surface area contributed by atoms with E-state index >= 15 is 0 Å². The minimum absolute atomic E-state index is 0. The molecule has 0 aliphatic rings. The van der Waals surface area contributed by atoms with E-state index in [2.05, 4.69) is 25.9 Å². The summed E-state index contributed by atoms with van der Waals surface area (Å²) < 4.78 is 21.5. The monoisotopic (exact) mass is 982 g/mol. The fraction of sp³-hybridized carbons (Fsp3) is 0.780. The highest BCUT2D eigenvalue weighted by molar-refractivity contribution is 5.87. The van der Waals surface area contributed by atoms with E-state index in [9.17, 15) is 43.5 Å². The number of nitrogens with zero attached hydrogens (tertiary/aromatic N) is 1. The first kappa shape index (κ1) is 62.4. The first-order chi connectivity index (χ1) is 33.4. The number of Topliss-reactive ketones (excluding diaryl/α,β-unsaturated/α-hetero) is 3. The molecule has 6 N–H and O–H groups in total. The van der Waals surface area contributed by atoms with Crippen molar-refractivity contribution in [3.05, 3.63) is 18.2 Å². The van der Waals surface area contributed by atoms with Crippen molar-refractivity contribution in [2.75, 3.05) is 65.9 Å². The number of ether oxygens (including phenoxy) is 4. The standard InChI is InChI=1S/C50H85N5O14.H2/c1-40(56)41(35-44(58)24-23-42-36-51-39-54-42)19-16-17-27-52-47(60)37-69-34-32-67-30-28-53-48(61)38-68-33-31-66-29-18-20-43(57)25-26-45(50(64)65)55-46(59)21-14-12-10-8-6-4-2-3-5-7-9-11-13-15-22-49(62)63;/h36,39,41,45H,2-35,37-38H2,1H3,(H,51,54)(H,52,60)(H,53,61)(H,55,59)(H,62,63)(H,64,65);1H/t41-,45-;/m1./s1. The summed E-state index contributed by atoms with van der Waals surface area (Å²) in [5, 5.41) is 26.2. The third kappa shape index (κ3) is 39.9. The largest absolute Gasteiger partial charge is 0.481 e. The van der Waals surface area contributed by atoms with E-state index in [4.69, 9.17) is 24.1 Å². The van der Waals surface area contributed by atoms with Crippen molar-refractivity contribution in [3.63, 3.8) is 0 Å². The van der Waals surface area contributed by atoms with Crippen molar-refractivity contribution in [3.8, 4) is 0 Å². The van der Waals surface area contributed by atoms with Gasteiger partial charge in [0.2, 0.25) is 17.7 Å². The number of amides is 3. The molecule has 69 heavy (non-hydrogen) atoms. The average Bonchev–Trinajstić information content (AvgIpc) is 3.84. The number of carbonyl (C=O) groups is 8. The molecule has 2 atom stereocenters. The minimum atomic E-state index is -1.16. The number of hydrogen-bond donors (Lipinski definition) is 6. The van der Waals surface area contributed by atoms with Crippen molar-refractivity contribution in [2.45, 2.75) is 180 Å². The van der Waals surface area contributed by atoms with Crippen molar-refractivity contribution >= 4 is 47.0 Å². The number of carbonyl (C=O) groups excluding carboxylic acids is 6. The van der Waals surface area contributed by atoms with Crippen molar-refractivity contribution < 1.29 is 68.9 Å². The van der Waals surface area contributed by atoms with Gasteiger partial charge in [-0.05, 0) is 51.9 Å². The lowest BCUT2D eigenvalue weighted by molar-refractivity contribution is -0.142. The maximum Gasteiger partial charge on any atom is 0.326 e. The van der Waals surface area contributed by atoms with Crippen molar-refractivity contribution in [1.82, 2.24) is 25.9 Å². The molecule has 0 aromatic carbocycles. The van der Waals surface area contributed by atoms with Gasteiger partial charge in [0, 0.05) is 77.5 Å². The zero-order valence-corrected chi connectivity index (χ0v) is 41.5. The summed E-state index contributed by atoms with van der Waals surface area (Å²) in [4.78, 5) is 102. The Labute approximate surface area is 410 Å². The Morgan fingerprint density at radius 1 is 0.565 bits per heavy atom. The number of imidazole rings is 1. The third-order valence-corrected chi connectivity index (χ3v) is 11.5. The van der Waals surface area contributed by atoms with Crippen molar-refractivity contribution in [1.29, 1.82) is 0 Å². The molecule has 0 bridgehead atoms. The second-order valence-corrected chi connectivity index (χ2v) is 17.6. The SMILES string of the molecule is CC(=O)[C@H](CCCCNC(=O)COCCOCCNC(=O)COCCOCCCC(=O)CC[C@@H](NC(=O)CCCCCCCCCCCCCCCCC(=O)O)C(=O)O)CC(=O)CCc1cnc[nH]1.[HH]. The van der Waals surface area contributed by atoms with Crippen LogP contribution in [0.3, 0.4) is 0 Å². The van der Waals surface area contributed by atoms with Gasteiger partial charge in [-0.15, -0.1) is 0 Å². The van der Waals surface area contributed by atoms with Crippen LogP contribution in [-0.2, 0) is 63.7 Å². The fourth-order valence-electron chi connectivity index (χ4n) is 7.41. The molecule has 1 aromatic heterocycles. The number of ketones is 3. The molecule has 0 radical (unpaired) electrons. The van der Waals surface area contributed by atoms with Crippen LogP contribution < -0.4 is 16.0 Å². The lowest BCUT2D eigenvalue weighted by Gasteiger charge is -2.14.